The van der Waals surface area contributed by atoms with Crippen molar-refractivity contribution in [1.29, 1.82) is 0 Å². The number of halogens is 1. The smallest absolute Gasteiger partial charge is 0.251 e. The summed E-state index contributed by atoms with van der Waals surface area (Å²) in [5, 5.41) is 7.94. The lowest BCUT2D eigenvalue weighted by molar-refractivity contribution is 0.0951. The Morgan fingerprint density at radius 3 is 2.50 bits per heavy atom. The molecule has 3 N–H and O–H groups in total. The Kier molecular flexibility index (Phi) is 5.73. The summed E-state index contributed by atoms with van der Waals surface area (Å²) < 4.78 is 23.5. The van der Waals surface area contributed by atoms with E-state index in [0.29, 0.717) is 28.1 Å². The maximum atomic E-state index is 12.1. The maximum absolute atomic E-state index is 12.1. The molecule has 0 saturated carbocycles. The number of carbonyl (C=O) groups excluding carboxylic acids is 1. The zero-order chi connectivity index (χ0) is 15.5. The van der Waals surface area contributed by atoms with Gasteiger partial charge in [0.15, 0.2) is 0 Å². The highest BCUT2D eigenvalue weighted by atomic mass is 79.9. The molecule has 5 nitrogen and oxygen atoms in total. The van der Waals surface area contributed by atoms with E-state index in [2.05, 4.69) is 35.1 Å². The van der Waals surface area contributed by atoms with Crippen LogP contribution in [0, 0.1) is 12.8 Å². The molecule has 1 rings (SSSR count). The van der Waals surface area contributed by atoms with Crippen LogP contribution in [0.1, 0.15) is 36.2 Å². The molecule has 0 atom stereocenters. The van der Waals surface area contributed by atoms with Crippen LogP contribution in [-0.2, 0) is 10.0 Å². The van der Waals surface area contributed by atoms with E-state index in [4.69, 9.17) is 5.14 Å². The van der Waals surface area contributed by atoms with Crippen molar-refractivity contribution in [3.05, 3.63) is 27.7 Å². The van der Waals surface area contributed by atoms with Gasteiger partial charge < -0.3 is 5.32 Å². The third-order valence-electron chi connectivity index (χ3n) is 2.88. The van der Waals surface area contributed by atoms with Crippen LogP contribution < -0.4 is 10.5 Å². The molecule has 0 aromatic heterocycles. The van der Waals surface area contributed by atoms with Gasteiger partial charge in [0, 0.05) is 16.6 Å². The van der Waals surface area contributed by atoms with Crippen molar-refractivity contribution in [3.8, 4) is 0 Å². The van der Waals surface area contributed by atoms with Gasteiger partial charge in [-0.3, -0.25) is 4.79 Å². The molecule has 0 unspecified atom stereocenters. The summed E-state index contributed by atoms with van der Waals surface area (Å²) in [5.41, 5.74) is 0.671. The fourth-order valence-corrected chi connectivity index (χ4v) is 3.19. The summed E-state index contributed by atoms with van der Waals surface area (Å²) in [4.78, 5) is 12.1. The van der Waals surface area contributed by atoms with Gasteiger partial charge >= 0.3 is 0 Å². The molecule has 20 heavy (non-hydrogen) atoms. The molecule has 0 aliphatic rings. The summed E-state index contributed by atoms with van der Waals surface area (Å²) in [6, 6.07) is 2.99. The molecular formula is C13H19BrN2O3S. The highest BCUT2D eigenvalue weighted by Crippen LogP contribution is 2.24. The molecule has 7 heteroatoms. The second-order valence-electron chi connectivity index (χ2n) is 5.06. The van der Waals surface area contributed by atoms with Crippen LogP contribution in [0.2, 0.25) is 0 Å². The van der Waals surface area contributed by atoms with Crippen LogP contribution in [0.3, 0.4) is 0 Å². The van der Waals surface area contributed by atoms with Crippen molar-refractivity contribution < 1.29 is 13.2 Å². The van der Waals surface area contributed by atoms with Gasteiger partial charge in [-0.05, 0) is 37.0 Å². The first kappa shape index (κ1) is 17.1. The average molecular weight is 363 g/mol. The van der Waals surface area contributed by atoms with E-state index in [1.165, 1.54) is 6.07 Å². The molecule has 1 amide bonds. The van der Waals surface area contributed by atoms with Crippen LogP contribution in [0.5, 0.6) is 0 Å². The number of sulfonamides is 1. The molecule has 112 valence electrons. The van der Waals surface area contributed by atoms with Crippen LogP contribution in [-0.4, -0.2) is 20.9 Å². The van der Waals surface area contributed by atoms with Crippen molar-refractivity contribution in [3.63, 3.8) is 0 Å². The SMILES string of the molecule is Cc1c(C(=O)NCCC(C)C)cc(Br)cc1S(N)(=O)=O. The number of carbonyl (C=O) groups is 1. The monoisotopic (exact) mass is 362 g/mol. The molecule has 0 spiro atoms. The maximum Gasteiger partial charge on any atom is 0.251 e. The van der Waals surface area contributed by atoms with Crippen LogP contribution in [0.25, 0.3) is 0 Å². The largest absolute Gasteiger partial charge is 0.352 e. The number of hydrogen-bond donors (Lipinski definition) is 2. The lowest BCUT2D eigenvalue weighted by Gasteiger charge is -2.12. The highest BCUT2D eigenvalue weighted by molar-refractivity contribution is 9.10. The standard InChI is InChI=1S/C13H19BrN2O3S/c1-8(2)4-5-16-13(17)11-6-10(14)7-12(9(11)3)20(15,18)19/h6-8H,4-5H2,1-3H3,(H,16,17)(H2,15,18,19). The summed E-state index contributed by atoms with van der Waals surface area (Å²) in [5.74, 6) is 0.188. The predicted molar refractivity (Wildman–Crippen MR) is 82.0 cm³/mol. The summed E-state index contributed by atoms with van der Waals surface area (Å²) in [7, 11) is -3.86. The third kappa shape index (κ3) is 4.57. The summed E-state index contributed by atoms with van der Waals surface area (Å²) in [6.45, 7) is 6.25. The lowest BCUT2D eigenvalue weighted by atomic mass is 10.1. The molecule has 0 aliphatic carbocycles. The van der Waals surface area contributed by atoms with E-state index < -0.39 is 10.0 Å². The van der Waals surface area contributed by atoms with Gasteiger partial charge in [-0.25, -0.2) is 13.6 Å². The fraction of sp³-hybridized carbons (Fsp3) is 0.462. The minimum atomic E-state index is -3.86. The first-order chi connectivity index (χ1) is 9.12. The van der Waals surface area contributed by atoms with E-state index in [-0.39, 0.29) is 10.8 Å². The van der Waals surface area contributed by atoms with Crippen molar-refractivity contribution in [2.75, 3.05) is 6.54 Å². The quantitative estimate of drug-likeness (QED) is 0.840. The molecule has 0 heterocycles. The molecular weight excluding hydrogens is 344 g/mol. The van der Waals surface area contributed by atoms with Gasteiger partial charge in [-0.15, -0.1) is 0 Å². The fourth-order valence-electron chi connectivity index (χ4n) is 1.75. The number of benzene rings is 1. The van der Waals surface area contributed by atoms with E-state index in [0.717, 1.165) is 6.42 Å². The topological polar surface area (TPSA) is 89.3 Å². The highest BCUT2D eigenvalue weighted by Gasteiger charge is 2.19. The van der Waals surface area contributed by atoms with Gasteiger partial charge in [-0.1, -0.05) is 29.8 Å². The zero-order valence-electron chi connectivity index (χ0n) is 11.7. The molecule has 1 aromatic carbocycles. The second-order valence-corrected chi connectivity index (χ2v) is 7.51. The Balaban J connectivity index is 3.07. The summed E-state index contributed by atoms with van der Waals surface area (Å²) in [6.07, 6.45) is 0.862. The van der Waals surface area contributed by atoms with Crippen LogP contribution in [0.15, 0.2) is 21.5 Å². The molecule has 0 radical (unpaired) electrons. The minimum Gasteiger partial charge on any atom is -0.352 e. The van der Waals surface area contributed by atoms with Crippen molar-refractivity contribution >= 4 is 31.9 Å². The number of nitrogens with two attached hydrogens (primary N) is 1. The van der Waals surface area contributed by atoms with E-state index in [1.54, 1.807) is 13.0 Å². The predicted octanol–water partition coefficient (Wildman–Crippen LogP) is 2.18. The Labute approximate surface area is 128 Å². The molecule has 0 bridgehead atoms. The Morgan fingerprint density at radius 1 is 1.40 bits per heavy atom. The number of nitrogens with one attached hydrogen (secondary N) is 1. The Morgan fingerprint density at radius 2 is 2.00 bits per heavy atom. The van der Waals surface area contributed by atoms with Gasteiger partial charge in [-0.2, -0.15) is 0 Å². The number of rotatable bonds is 5. The molecule has 1 aromatic rings. The first-order valence-corrected chi connectivity index (χ1v) is 8.58. The second kappa shape index (κ2) is 6.69. The Hall–Kier alpha value is -0.920. The number of amides is 1. The van der Waals surface area contributed by atoms with Gasteiger partial charge in [0.2, 0.25) is 10.0 Å². The Bertz CT molecular complexity index is 612. The van der Waals surface area contributed by atoms with E-state index >= 15 is 0 Å². The molecule has 0 saturated heterocycles. The van der Waals surface area contributed by atoms with Crippen LogP contribution in [0.4, 0.5) is 0 Å². The normalized spacial score (nSPS) is 11.7. The van der Waals surface area contributed by atoms with Gasteiger partial charge in [0.25, 0.3) is 5.91 Å². The molecule has 0 fully saturated rings. The number of hydrogen-bond acceptors (Lipinski definition) is 3. The zero-order valence-corrected chi connectivity index (χ0v) is 14.1. The van der Waals surface area contributed by atoms with Crippen molar-refractivity contribution in [2.45, 2.75) is 32.1 Å². The third-order valence-corrected chi connectivity index (χ3v) is 4.38. The van der Waals surface area contributed by atoms with E-state index in [9.17, 15) is 13.2 Å². The minimum absolute atomic E-state index is 0.0408. The van der Waals surface area contributed by atoms with Crippen molar-refractivity contribution in [2.24, 2.45) is 11.1 Å². The van der Waals surface area contributed by atoms with Crippen LogP contribution >= 0.6 is 15.9 Å². The number of primary sulfonamides is 1. The summed E-state index contributed by atoms with van der Waals surface area (Å²) >= 11 is 3.20. The van der Waals surface area contributed by atoms with E-state index in [1.807, 2.05) is 0 Å². The molecule has 0 aliphatic heterocycles. The van der Waals surface area contributed by atoms with Gasteiger partial charge in [0.05, 0.1) is 4.90 Å². The van der Waals surface area contributed by atoms with Gasteiger partial charge in [0.1, 0.15) is 0 Å². The lowest BCUT2D eigenvalue weighted by Crippen LogP contribution is -2.27. The van der Waals surface area contributed by atoms with Crippen molar-refractivity contribution in [1.82, 2.24) is 5.32 Å². The average Bonchev–Trinajstić information content (AvgIpc) is 2.29. The first-order valence-electron chi connectivity index (χ1n) is 6.24.